The van der Waals surface area contributed by atoms with Crippen molar-refractivity contribution in [1.29, 1.82) is 0 Å². The lowest BCUT2D eigenvalue weighted by Gasteiger charge is -2.60. The van der Waals surface area contributed by atoms with Crippen molar-refractivity contribution >= 4 is 0 Å². The van der Waals surface area contributed by atoms with Gasteiger partial charge in [-0.15, -0.1) is 0 Å². The average molecular weight is 276 g/mol. The first-order chi connectivity index (χ1) is 9.67. The van der Waals surface area contributed by atoms with Gasteiger partial charge >= 0.3 is 0 Å². The first kappa shape index (κ1) is 13.6. The van der Waals surface area contributed by atoms with Gasteiger partial charge in [0.2, 0.25) is 0 Å². The molecule has 5 rings (SSSR count). The van der Waals surface area contributed by atoms with Crippen molar-refractivity contribution < 1.29 is 0 Å². The fourth-order valence-corrected chi connectivity index (χ4v) is 6.25. The summed E-state index contributed by atoms with van der Waals surface area (Å²) in [5.41, 5.74) is 0. The molecule has 1 aliphatic carbocycles. The Kier molecular flexibility index (Phi) is 3.38. The highest BCUT2D eigenvalue weighted by molar-refractivity contribution is 5.04. The molecule has 6 unspecified atom stereocenters. The summed E-state index contributed by atoms with van der Waals surface area (Å²) in [5, 5.41) is 0. The molecule has 5 aliphatic rings. The molecule has 4 heterocycles. The van der Waals surface area contributed by atoms with Gasteiger partial charge in [-0.25, -0.2) is 0 Å². The monoisotopic (exact) mass is 276 g/mol. The molecule has 4 aliphatic heterocycles. The Balaban J connectivity index is 1.35. The number of hydrogen-bond donors (Lipinski definition) is 0. The Hall–Kier alpha value is -0.0800. The van der Waals surface area contributed by atoms with E-state index >= 15 is 0 Å². The first-order valence-electron chi connectivity index (χ1n) is 9.20. The Bertz CT molecular complexity index is 354. The van der Waals surface area contributed by atoms with Crippen LogP contribution in [0.4, 0.5) is 0 Å². The fraction of sp³-hybridized carbons (Fsp3) is 1.00. The Morgan fingerprint density at radius 1 is 1.00 bits per heavy atom. The zero-order chi connectivity index (χ0) is 13.9. The molecule has 2 heteroatoms. The maximum absolute atomic E-state index is 2.90. The van der Waals surface area contributed by atoms with E-state index < -0.39 is 0 Å². The highest BCUT2D eigenvalue weighted by Gasteiger charge is 2.49. The smallest absolute Gasteiger partial charge is 0.0142 e. The quantitative estimate of drug-likeness (QED) is 0.775. The number of piperidine rings is 2. The second-order valence-electron chi connectivity index (χ2n) is 8.28. The van der Waals surface area contributed by atoms with Gasteiger partial charge in [-0.3, -0.25) is 9.80 Å². The summed E-state index contributed by atoms with van der Waals surface area (Å²) in [4.78, 5) is 5.70. The Labute approximate surface area is 124 Å². The lowest BCUT2D eigenvalue weighted by molar-refractivity contribution is -0.102. The molecule has 20 heavy (non-hydrogen) atoms. The van der Waals surface area contributed by atoms with Gasteiger partial charge in [0, 0.05) is 30.2 Å². The van der Waals surface area contributed by atoms with Gasteiger partial charge < -0.3 is 0 Å². The van der Waals surface area contributed by atoms with Gasteiger partial charge in [0.25, 0.3) is 0 Å². The Morgan fingerprint density at radius 2 is 1.75 bits per heavy atom. The summed E-state index contributed by atoms with van der Waals surface area (Å²) in [6, 6.07) is 4.63. The molecule has 4 bridgehead atoms. The van der Waals surface area contributed by atoms with Gasteiger partial charge in [-0.2, -0.15) is 0 Å². The van der Waals surface area contributed by atoms with Crippen LogP contribution in [0.3, 0.4) is 0 Å². The largest absolute Gasteiger partial charge is 0.297 e. The van der Waals surface area contributed by atoms with E-state index in [2.05, 4.69) is 30.6 Å². The van der Waals surface area contributed by atoms with Crippen LogP contribution in [0.2, 0.25) is 0 Å². The summed E-state index contributed by atoms with van der Waals surface area (Å²) in [6.07, 6.45) is 10.4. The minimum Gasteiger partial charge on any atom is -0.297 e. The van der Waals surface area contributed by atoms with Gasteiger partial charge in [-0.05, 0) is 70.3 Å². The molecule has 0 aromatic heterocycles. The van der Waals surface area contributed by atoms with Crippen LogP contribution in [0.15, 0.2) is 0 Å². The summed E-state index contributed by atoms with van der Waals surface area (Å²) in [5.74, 6) is 1.98. The first-order valence-corrected chi connectivity index (χ1v) is 9.20. The topological polar surface area (TPSA) is 6.48 Å². The van der Waals surface area contributed by atoms with Gasteiger partial charge in [0.1, 0.15) is 0 Å². The van der Waals surface area contributed by atoms with Crippen molar-refractivity contribution in [2.45, 2.75) is 95.9 Å². The van der Waals surface area contributed by atoms with E-state index in [1.54, 1.807) is 0 Å². The van der Waals surface area contributed by atoms with E-state index in [0.717, 1.165) is 42.0 Å². The maximum Gasteiger partial charge on any atom is 0.0142 e. The van der Waals surface area contributed by atoms with Crippen LogP contribution in [-0.4, -0.2) is 46.6 Å². The van der Waals surface area contributed by atoms with Gasteiger partial charge in [-0.1, -0.05) is 13.8 Å². The molecule has 114 valence electrons. The Morgan fingerprint density at radius 3 is 2.40 bits per heavy atom. The van der Waals surface area contributed by atoms with Gasteiger partial charge in [0.05, 0.1) is 0 Å². The average Bonchev–Trinajstić information content (AvgIpc) is 2.38. The van der Waals surface area contributed by atoms with Crippen LogP contribution in [0.25, 0.3) is 0 Å². The molecular formula is C18H32N2. The van der Waals surface area contributed by atoms with Crippen LogP contribution in [-0.2, 0) is 0 Å². The molecule has 0 N–H and O–H groups in total. The summed E-state index contributed by atoms with van der Waals surface area (Å²) in [6.45, 7) is 8.62. The zero-order valence-corrected chi connectivity index (χ0v) is 13.6. The van der Waals surface area contributed by atoms with Crippen LogP contribution >= 0.6 is 0 Å². The molecule has 0 amide bonds. The fourth-order valence-electron chi connectivity index (χ4n) is 6.25. The van der Waals surface area contributed by atoms with Crippen molar-refractivity contribution in [1.82, 2.24) is 9.80 Å². The second kappa shape index (κ2) is 4.98. The standard InChI is InChI=1S/C18H32N2/c1-4-19-15-6-5-14(18(19)11-15)9-13(3)20-16-7-12(2)8-17(20)10-16/h12-18H,4-11H2,1-3H3. The molecule has 0 aromatic rings. The van der Waals surface area contributed by atoms with Crippen molar-refractivity contribution in [3.8, 4) is 0 Å². The van der Waals surface area contributed by atoms with Crippen LogP contribution < -0.4 is 0 Å². The van der Waals surface area contributed by atoms with Crippen LogP contribution in [0.5, 0.6) is 0 Å². The third kappa shape index (κ3) is 1.98. The van der Waals surface area contributed by atoms with E-state index in [1.165, 1.54) is 51.5 Å². The highest BCUT2D eigenvalue weighted by Crippen LogP contribution is 2.47. The predicted molar refractivity (Wildman–Crippen MR) is 83.8 cm³/mol. The normalized spacial score (nSPS) is 49.4. The number of rotatable bonds is 4. The summed E-state index contributed by atoms with van der Waals surface area (Å²) < 4.78 is 0. The third-order valence-corrected chi connectivity index (χ3v) is 7.08. The maximum atomic E-state index is 2.90. The van der Waals surface area contributed by atoms with Crippen LogP contribution in [0.1, 0.15) is 65.7 Å². The van der Waals surface area contributed by atoms with E-state index in [9.17, 15) is 0 Å². The molecule has 0 aromatic carbocycles. The molecule has 0 radical (unpaired) electrons. The number of fused-ring (bicyclic) bond motifs is 4. The SMILES string of the molecule is CCN1C2CCC(CC(C)N3C4CC(C)CC3C4)C1C2. The minimum absolute atomic E-state index is 0.840. The molecule has 0 spiro atoms. The van der Waals surface area contributed by atoms with Crippen molar-refractivity contribution in [2.24, 2.45) is 11.8 Å². The van der Waals surface area contributed by atoms with Crippen molar-refractivity contribution in [3.05, 3.63) is 0 Å². The molecule has 2 nitrogen and oxygen atoms in total. The molecule has 4 saturated heterocycles. The molecule has 6 atom stereocenters. The van der Waals surface area contributed by atoms with E-state index in [4.69, 9.17) is 0 Å². The van der Waals surface area contributed by atoms with Crippen molar-refractivity contribution in [3.63, 3.8) is 0 Å². The van der Waals surface area contributed by atoms with E-state index in [-0.39, 0.29) is 0 Å². The summed E-state index contributed by atoms with van der Waals surface area (Å²) >= 11 is 0. The minimum atomic E-state index is 0.840. The zero-order valence-electron chi connectivity index (χ0n) is 13.6. The summed E-state index contributed by atoms with van der Waals surface area (Å²) in [7, 11) is 0. The van der Waals surface area contributed by atoms with E-state index in [0.29, 0.717) is 0 Å². The molecule has 5 fully saturated rings. The lowest BCUT2D eigenvalue weighted by Crippen LogP contribution is -2.65. The predicted octanol–water partition coefficient (Wildman–Crippen LogP) is 3.51. The molecule has 1 saturated carbocycles. The molecular weight excluding hydrogens is 244 g/mol. The lowest BCUT2D eigenvalue weighted by atomic mass is 9.68. The van der Waals surface area contributed by atoms with E-state index in [1.807, 2.05) is 0 Å². The third-order valence-electron chi connectivity index (χ3n) is 7.08. The second-order valence-corrected chi connectivity index (χ2v) is 8.28. The van der Waals surface area contributed by atoms with Crippen LogP contribution in [0, 0.1) is 11.8 Å². The highest BCUT2D eigenvalue weighted by atomic mass is 15.3. The van der Waals surface area contributed by atoms with Gasteiger partial charge in [0.15, 0.2) is 0 Å². The van der Waals surface area contributed by atoms with Crippen molar-refractivity contribution in [2.75, 3.05) is 6.54 Å². The number of nitrogens with zero attached hydrogens (tertiary/aromatic N) is 2. The number of hydrogen-bond acceptors (Lipinski definition) is 2.